The number of carbonyl (C=O) groups excluding carboxylic acids is 1. The number of hydrogen-bond donors (Lipinski definition) is 1. The number of fused-ring (bicyclic) bond motifs is 1. The Labute approximate surface area is 181 Å². The molecule has 29 heavy (non-hydrogen) atoms. The molecule has 8 heteroatoms. The molecule has 1 fully saturated rings. The van der Waals surface area contributed by atoms with Crippen molar-refractivity contribution in [1.82, 2.24) is 9.62 Å². The van der Waals surface area contributed by atoms with Gasteiger partial charge in [-0.2, -0.15) is 0 Å². The van der Waals surface area contributed by atoms with E-state index in [4.69, 9.17) is 21.1 Å². The van der Waals surface area contributed by atoms with E-state index in [9.17, 15) is 9.35 Å². The number of ether oxygens (including phenoxy) is 2. The molecule has 2 heterocycles. The van der Waals surface area contributed by atoms with E-state index in [-0.39, 0.29) is 18.2 Å². The van der Waals surface area contributed by atoms with Gasteiger partial charge in [0, 0.05) is 41.5 Å². The lowest BCUT2D eigenvalue weighted by atomic mass is 9.95. The van der Waals surface area contributed by atoms with Crippen LogP contribution in [-0.2, 0) is 27.4 Å². The molecule has 1 amide bonds. The van der Waals surface area contributed by atoms with Crippen LogP contribution in [0.4, 0.5) is 0 Å². The van der Waals surface area contributed by atoms with Crippen LogP contribution in [0.1, 0.15) is 74.5 Å². The molecule has 1 N–H and O–H groups in total. The summed E-state index contributed by atoms with van der Waals surface area (Å²) in [6.45, 7) is 10.4. The van der Waals surface area contributed by atoms with Crippen LogP contribution in [-0.4, -0.2) is 46.2 Å². The predicted molar refractivity (Wildman–Crippen MR) is 115 cm³/mol. The molecule has 3 rings (SSSR count). The van der Waals surface area contributed by atoms with Crippen molar-refractivity contribution in [3.8, 4) is 0 Å². The van der Waals surface area contributed by atoms with Crippen molar-refractivity contribution in [2.75, 3.05) is 19.8 Å². The molecule has 0 saturated carbocycles. The second-order valence-corrected chi connectivity index (χ2v) is 10.9. The quantitative estimate of drug-likeness (QED) is 0.647. The van der Waals surface area contributed by atoms with Crippen molar-refractivity contribution in [1.29, 1.82) is 0 Å². The normalized spacial score (nSPS) is 20.1. The lowest BCUT2D eigenvalue weighted by Crippen LogP contribution is -2.42. The van der Waals surface area contributed by atoms with E-state index < -0.39 is 16.1 Å². The summed E-state index contributed by atoms with van der Waals surface area (Å²) < 4.78 is 27.2. The van der Waals surface area contributed by atoms with Crippen molar-refractivity contribution < 1.29 is 18.8 Å². The standard InChI is InChI=1S/C21H31ClN2O4S/c1-5-24-13-17-15(11-14(22)12-16(17)20(24)25)18(23-29(26)21(2,3)4)7-8-19-27-9-6-10-28-19/h11-12,18-19,23H,5-10,13H2,1-4H3. The fraction of sp³-hybridized carbons (Fsp3) is 0.667. The molecule has 162 valence electrons. The van der Waals surface area contributed by atoms with Gasteiger partial charge in [0.2, 0.25) is 0 Å². The van der Waals surface area contributed by atoms with E-state index >= 15 is 0 Å². The van der Waals surface area contributed by atoms with E-state index in [1.165, 1.54) is 0 Å². The van der Waals surface area contributed by atoms with Crippen LogP contribution in [0.25, 0.3) is 0 Å². The van der Waals surface area contributed by atoms with Crippen LogP contribution in [0.15, 0.2) is 12.1 Å². The number of hydrogen-bond acceptors (Lipinski definition) is 5. The van der Waals surface area contributed by atoms with Crippen LogP contribution in [0.3, 0.4) is 0 Å². The third-order valence-corrected chi connectivity index (χ3v) is 7.09. The largest absolute Gasteiger partial charge is 0.598 e. The molecule has 1 saturated heterocycles. The Morgan fingerprint density at radius 3 is 2.66 bits per heavy atom. The molecular weight excluding hydrogens is 412 g/mol. The summed E-state index contributed by atoms with van der Waals surface area (Å²) in [4.78, 5) is 14.5. The average molecular weight is 443 g/mol. The van der Waals surface area contributed by atoms with Crippen molar-refractivity contribution >= 4 is 28.9 Å². The van der Waals surface area contributed by atoms with Crippen molar-refractivity contribution in [2.24, 2.45) is 0 Å². The predicted octanol–water partition coefficient (Wildman–Crippen LogP) is 3.95. The van der Waals surface area contributed by atoms with E-state index in [0.29, 0.717) is 49.7 Å². The zero-order valence-corrected chi connectivity index (χ0v) is 19.2. The first kappa shape index (κ1) is 22.8. The summed E-state index contributed by atoms with van der Waals surface area (Å²) in [7, 11) is 0. The summed E-state index contributed by atoms with van der Waals surface area (Å²) in [6.07, 6.45) is 1.99. The Bertz CT molecular complexity index is 734. The van der Waals surface area contributed by atoms with Gasteiger partial charge in [-0.05, 0) is 63.8 Å². The van der Waals surface area contributed by atoms with Gasteiger partial charge >= 0.3 is 0 Å². The molecule has 2 aliphatic rings. The van der Waals surface area contributed by atoms with Crippen LogP contribution in [0, 0.1) is 0 Å². The molecule has 1 aromatic rings. The van der Waals surface area contributed by atoms with E-state index in [1.54, 1.807) is 11.0 Å². The second kappa shape index (κ2) is 9.54. The topological polar surface area (TPSA) is 73.9 Å². The highest BCUT2D eigenvalue weighted by atomic mass is 35.5. The Balaban J connectivity index is 1.89. The molecule has 0 aliphatic carbocycles. The highest BCUT2D eigenvalue weighted by Gasteiger charge is 2.35. The minimum Gasteiger partial charge on any atom is -0.598 e. The smallest absolute Gasteiger partial charge is 0.254 e. The van der Waals surface area contributed by atoms with Gasteiger partial charge in [-0.15, -0.1) is 4.72 Å². The molecule has 0 bridgehead atoms. The van der Waals surface area contributed by atoms with Crippen LogP contribution < -0.4 is 4.72 Å². The van der Waals surface area contributed by atoms with Crippen molar-refractivity contribution in [3.05, 3.63) is 33.8 Å². The molecular formula is C21H31ClN2O4S. The molecule has 0 spiro atoms. The van der Waals surface area contributed by atoms with Crippen LogP contribution in [0.5, 0.6) is 0 Å². The second-order valence-electron chi connectivity index (χ2n) is 8.49. The minimum atomic E-state index is -1.27. The lowest BCUT2D eigenvalue weighted by Gasteiger charge is -2.30. The summed E-state index contributed by atoms with van der Waals surface area (Å²) in [5.41, 5.74) is 2.55. The minimum absolute atomic E-state index is 0.000825. The SMILES string of the molecule is CCN1Cc2c(cc(Cl)cc2C(CCC2OCCCO2)N[S+]([O-])C(C)(C)C)C1=O. The van der Waals surface area contributed by atoms with Gasteiger partial charge in [-0.3, -0.25) is 4.79 Å². The third kappa shape index (κ3) is 5.46. The van der Waals surface area contributed by atoms with Gasteiger partial charge in [0.15, 0.2) is 6.29 Å². The third-order valence-electron chi connectivity index (χ3n) is 5.27. The summed E-state index contributed by atoms with van der Waals surface area (Å²) in [6, 6.07) is 3.41. The zero-order valence-electron chi connectivity index (χ0n) is 17.6. The fourth-order valence-corrected chi connectivity index (χ4v) is 4.70. The molecule has 1 aromatic carbocycles. The number of carbonyl (C=O) groups is 1. The van der Waals surface area contributed by atoms with Gasteiger partial charge in [0.05, 0.1) is 19.3 Å². The Morgan fingerprint density at radius 1 is 1.34 bits per heavy atom. The molecule has 0 aromatic heterocycles. The summed E-state index contributed by atoms with van der Waals surface area (Å²) in [5.74, 6) is 0.000825. The number of nitrogens with one attached hydrogen (secondary N) is 1. The number of rotatable bonds is 7. The Morgan fingerprint density at radius 2 is 2.03 bits per heavy atom. The van der Waals surface area contributed by atoms with Gasteiger partial charge in [0.1, 0.15) is 4.75 Å². The first-order valence-electron chi connectivity index (χ1n) is 10.2. The number of amides is 1. The maximum absolute atomic E-state index is 12.9. The lowest BCUT2D eigenvalue weighted by molar-refractivity contribution is -0.182. The maximum Gasteiger partial charge on any atom is 0.254 e. The molecule has 0 radical (unpaired) electrons. The maximum atomic E-state index is 12.9. The van der Waals surface area contributed by atoms with E-state index in [2.05, 4.69) is 4.72 Å². The first-order chi connectivity index (χ1) is 13.7. The molecule has 2 atom stereocenters. The monoisotopic (exact) mass is 442 g/mol. The van der Waals surface area contributed by atoms with Crippen LogP contribution in [0.2, 0.25) is 5.02 Å². The number of halogens is 1. The van der Waals surface area contributed by atoms with Gasteiger partial charge in [0.25, 0.3) is 5.91 Å². The van der Waals surface area contributed by atoms with E-state index in [0.717, 1.165) is 17.5 Å². The Hall–Kier alpha value is -0.830. The first-order valence-corrected chi connectivity index (χ1v) is 11.8. The van der Waals surface area contributed by atoms with Crippen LogP contribution >= 0.6 is 11.6 Å². The number of benzene rings is 1. The average Bonchev–Trinajstić information content (AvgIpc) is 3.00. The fourth-order valence-electron chi connectivity index (χ4n) is 3.61. The van der Waals surface area contributed by atoms with Gasteiger partial charge in [-0.25, -0.2) is 0 Å². The number of nitrogens with zero attached hydrogens (tertiary/aromatic N) is 1. The highest BCUT2D eigenvalue weighted by Crippen LogP contribution is 2.35. The molecule has 6 nitrogen and oxygen atoms in total. The zero-order chi connectivity index (χ0) is 21.2. The molecule has 2 unspecified atom stereocenters. The van der Waals surface area contributed by atoms with Crippen molar-refractivity contribution in [2.45, 2.75) is 70.6 Å². The highest BCUT2D eigenvalue weighted by molar-refractivity contribution is 7.90. The summed E-state index contributed by atoms with van der Waals surface area (Å²) in [5, 5.41) is 0.517. The van der Waals surface area contributed by atoms with Gasteiger partial charge in [-0.1, -0.05) is 11.6 Å². The van der Waals surface area contributed by atoms with Gasteiger partial charge < -0.3 is 18.9 Å². The Kier molecular flexibility index (Phi) is 7.51. The summed E-state index contributed by atoms with van der Waals surface area (Å²) >= 11 is 5.11. The van der Waals surface area contributed by atoms with Crippen molar-refractivity contribution in [3.63, 3.8) is 0 Å². The molecule has 2 aliphatic heterocycles. The van der Waals surface area contributed by atoms with E-state index in [1.807, 2.05) is 33.8 Å².